The van der Waals surface area contributed by atoms with Crippen molar-refractivity contribution >= 4 is 40.9 Å². The second-order valence-corrected chi connectivity index (χ2v) is 8.98. The summed E-state index contributed by atoms with van der Waals surface area (Å²) in [5.41, 5.74) is 1.92. The number of hydrogen-bond donors (Lipinski definition) is 1. The van der Waals surface area contributed by atoms with Crippen molar-refractivity contribution in [2.75, 3.05) is 0 Å². The van der Waals surface area contributed by atoms with Gasteiger partial charge in [-0.1, -0.05) is 91.5 Å². The number of carbonyl (C=O) groups excluding carboxylic acids is 1. The molecule has 3 aromatic rings. The first-order valence-electron chi connectivity index (χ1n) is 10.4. The molecule has 31 heavy (non-hydrogen) atoms. The van der Waals surface area contributed by atoms with Crippen LogP contribution in [0.3, 0.4) is 0 Å². The molecule has 0 aliphatic carbocycles. The van der Waals surface area contributed by atoms with E-state index in [1.54, 1.807) is 23.9 Å². The largest absolute Gasteiger partial charge is 0.349 e. The molecule has 0 saturated carbocycles. The number of nitrogens with zero attached hydrogens (tertiary/aromatic N) is 3. The second kappa shape index (κ2) is 12.1. The summed E-state index contributed by atoms with van der Waals surface area (Å²) in [5.74, 6) is 1.39. The van der Waals surface area contributed by atoms with Crippen LogP contribution < -0.4 is 5.32 Å². The summed E-state index contributed by atoms with van der Waals surface area (Å²) in [6, 6.07) is 15.5. The van der Waals surface area contributed by atoms with E-state index in [1.807, 2.05) is 28.8 Å². The van der Waals surface area contributed by atoms with Crippen molar-refractivity contribution in [2.45, 2.75) is 56.5 Å². The van der Waals surface area contributed by atoms with E-state index >= 15 is 0 Å². The van der Waals surface area contributed by atoms with Gasteiger partial charge in [0.05, 0.1) is 17.3 Å². The van der Waals surface area contributed by atoms with Crippen LogP contribution in [0.1, 0.15) is 50.4 Å². The Morgan fingerprint density at radius 1 is 1.06 bits per heavy atom. The predicted octanol–water partition coefficient (Wildman–Crippen LogP) is 6.45. The van der Waals surface area contributed by atoms with Gasteiger partial charge in [-0.05, 0) is 30.2 Å². The summed E-state index contributed by atoms with van der Waals surface area (Å²) < 4.78 is 1.89. The molecule has 0 bridgehead atoms. The Morgan fingerprint density at radius 2 is 1.87 bits per heavy atom. The third-order valence-corrected chi connectivity index (χ3v) is 6.30. The fourth-order valence-corrected chi connectivity index (χ4v) is 4.53. The molecule has 5 nitrogen and oxygen atoms in total. The maximum Gasteiger partial charge on any atom is 0.220 e. The van der Waals surface area contributed by atoms with Crippen molar-refractivity contribution in [3.8, 4) is 5.69 Å². The number of unbranched alkanes of at least 4 members (excludes halogenated alkanes) is 3. The van der Waals surface area contributed by atoms with Gasteiger partial charge in [0.1, 0.15) is 0 Å². The molecule has 0 radical (unpaired) electrons. The lowest BCUT2D eigenvalue weighted by Gasteiger charge is -2.13. The van der Waals surface area contributed by atoms with Gasteiger partial charge >= 0.3 is 0 Å². The van der Waals surface area contributed by atoms with Gasteiger partial charge in [0.15, 0.2) is 11.0 Å². The first kappa shape index (κ1) is 23.6. The minimum absolute atomic E-state index is 0.0198. The van der Waals surface area contributed by atoms with E-state index in [2.05, 4.69) is 34.6 Å². The molecule has 0 aliphatic heterocycles. The quantitative estimate of drug-likeness (QED) is 0.255. The van der Waals surface area contributed by atoms with Crippen molar-refractivity contribution in [1.29, 1.82) is 0 Å². The van der Waals surface area contributed by atoms with Crippen LogP contribution in [0.25, 0.3) is 5.69 Å². The summed E-state index contributed by atoms with van der Waals surface area (Å²) in [5, 5.41) is 13.4. The number of benzene rings is 2. The highest BCUT2D eigenvalue weighted by Gasteiger charge is 2.18. The Hall–Kier alpha value is -2.02. The first-order valence-corrected chi connectivity index (χ1v) is 12.2. The minimum Gasteiger partial charge on any atom is -0.349 e. The molecule has 1 heterocycles. The summed E-state index contributed by atoms with van der Waals surface area (Å²) in [6.07, 6.45) is 4.79. The van der Waals surface area contributed by atoms with E-state index in [9.17, 15) is 4.79 Å². The molecular formula is C23H26Cl2N4OS. The van der Waals surface area contributed by atoms with Crippen LogP contribution in [-0.4, -0.2) is 20.7 Å². The average Bonchev–Trinajstić information content (AvgIpc) is 3.17. The van der Waals surface area contributed by atoms with Gasteiger partial charge < -0.3 is 5.32 Å². The highest BCUT2D eigenvalue weighted by atomic mass is 35.5. The monoisotopic (exact) mass is 476 g/mol. The number of carbonyl (C=O) groups is 1. The summed E-state index contributed by atoms with van der Waals surface area (Å²) in [4.78, 5) is 12.2. The van der Waals surface area contributed by atoms with Gasteiger partial charge in [0, 0.05) is 17.2 Å². The van der Waals surface area contributed by atoms with E-state index in [4.69, 9.17) is 23.2 Å². The van der Waals surface area contributed by atoms with Crippen LogP contribution in [0, 0.1) is 0 Å². The molecule has 0 unspecified atom stereocenters. The van der Waals surface area contributed by atoms with Crippen LogP contribution in [0.2, 0.25) is 10.0 Å². The second-order valence-electron chi connectivity index (χ2n) is 7.19. The van der Waals surface area contributed by atoms with Crippen molar-refractivity contribution in [3.05, 3.63) is 70.0 Å². The molecule has 0 spiro atoms. The van der Waals surface area contributed by atoms with Crippen LogP contribution in [0.4, 0.5) is 0 Å². The molecule has 2 aromatic carbocycles. The number of nitrogens with one attached hydrogen (secondary N) is 1. The molecule has 1 amide bonds. The zero-order valence-corrected chi connectivity index (χ0v) is 19.8. The zero-order chi connectivity index (χ0) is 22.1. The number of rotatable bonds is 11. The van der Waals surface area contributed by atoms with Crippen molar-refractivity contribution in [3.63, 3.8) is 0 Å². The third kappa shape index (κ3) is 6.99. The predicted molar refractivity (Wildman–Crippen MR) is 128 cm³/mol. The van der Waals surface area contributed by atoms with Gasteiger partial charge in [-0.25, -0.2) is 0 Å². The topological polar surface area (TPSA) is 59.8 Å². The van der Waals surface area contributed by atoms with E-state index in [0.717, 1.165) is 37.1 Å². The highest BCUT2D eigenvalue weighted by molar-refractivity contribution is 7.98. The maximum absolute atomic E-state index is 12.2. The number of amides is 1. The standard InChI is InChI=1S/C23H26Cl2N4OS/c1-2-3-4-8-11-22(30)26-15-21-27-28-23(31-16-17-9-6-5-7-10-17)29(21)20-13-12-18(24)14-19(20)25/h5-7,9-10,12-14H,2-4,8,11,15-16H2,1H3,(H,26,30). The third-order valence-electron chi connectivity index (χ3n) is 4.76. The molecule has 0 saturated heterocycles. The van der Waals surface area contributed by atoms with Crippen molar-refractivity contribution < 1.29 is 4.79 Å². The highest BCUT2D eigenvalue weighted by Crippen LogP contribution is 2.30. The SMILES string of the molecule is CCCCCCC(=O)NCc1nnc(SCc2ccccc2)n1-c1ccc(Cl)cc1Cl. The number of hydrogen-bond acceptors (Lipinski definition) is 4. The summed E-state index contributed by atoms with van der Waals surface area (Å²) in [7, 11) is 0. The number of halogens is 2. The maximum atomic E-state index is 12.2. The van der Waals surface area contributed by atoms with Crippen LogP contribution in [0.15, 0.2) is 53.7 Å². The van der Waals surface area contributed by atoms with E-state index in [-0.39, 0.29) is 12.5 Å². The zero-order valence-electron chi connectivity index (χ0n) is 17.5. The number of thioether (sulfide) groups is 1. The van der Waals surface area contributed by atoms with E-state index in [1.165, 1.54) is 5.56 Å². The molecular weight excluding hydrogens is 451 g/mol. The summed E-state index contributed by atoms with van der Waals surface area (Å²) in [6.45, 7) is 2.44. The van der Waals surface area contributed by atoms with Crippen LogP contribution in [0.5, 0.6) is 0 Å². The molecule has 8 heteroatoms. The molecule has 3 rings (SSSR count). The number of aromatic nitrogens is 3. The first-order chi connectivity index (χ1) is 15.1. The molecule has 164 valence electrons. The minimum atomic E-state index is 0.0198. The van der Waals surface area contributed by atoms with E-state index < -0.39 is 0 Å². The Morgan fingerprint density at radius 3 is 2.61 bits per heavy atom. The van der Waals surface area contributed by atoms with Gasteiger partial charge in [-0.15, -0.1) is 10.2 Å². The molecule has 1 aromatic heterocycles. The Balaban J connectivity index is 1.77. The lowest BCUT2D eigenvalue weighted by Crippen LogP contribution is -2.24. The van der Waals surface area contributed by atoms with Crippen LogP contribution >= 0.6 is 35.0 Å². The van der Waals surface area contributed by atoms with Gasteiger partial charge in [-0.3, -0.25) is 9.36 Å². The fraction of sp³-hybridized carbons (Fsp3) is 0.348. The molecule has 1 N–H and O–H groups in total. The molecule has 0 fully saturated rings. The fourth-order valence-electron chi connectivity index (χ4n) is 3.11. The molecule has 0 atom stereocenters. The van der Waals surface area contributed by atoms with E-state index in [0.29, 0.717) is 27.4 Å². The van der Waals surface area contributed by atoms with Crippen molar-refractivity contribution in [1.82, 2.24) is 20.1 Å². The summed E-state index contributed by atoms with van der Waals surface area (Å²) >= 11 is 14.1. The van der Waals surface area contributed by atoms with Gasteiger partial charge in [-0.2, -0.15) is 0 Å². The van der Waals surface area contributed by atoms with Gasteiger partial charge in [0.25, 0.3) is 0 Å². The van der Waals surface area contributed by atoms with Crippen LogP contribution in [-0.2, 0) is 17.1 Å². The Kier molecular flexibility index (Phi) is 9.25. The molecule has 0 aliphatic rings. The lowest BCUT2D eigenvalue weighted by atomic mass is 10.1. The van der Waals surface area contributed by atoms with Gasteiger partial charge in [0.2, 0.25) is 5.91 Å². The normalized spacial score (nSPS) is 10.9. The average molecular weight is 477 g/mol. The smallest absolute Gasteiger partial charge is 0.220 e. The Bertz CT molecular complexity index is 994. The lowest BCUT2D eigenvalue weighted by molar-refractivity contribution is -0.121. The Labute approximate surface area is 197 Å². The van der Waals surface area contributed by atoms with Crippen molar-refractivity contribution in [2.24, 2.45) is 0 Å².